The fourth-order valence-corrected chi connectivity index (χ4v) is 3.89. The van der Waals surface area contributed by atoms with Crippen LogP contribution < -0.4 is 5.32 Å². The second-order valence-corrected chi connectivity index (χ2v) is 9.06. The topological polar surface area (TPSA) is 68.1 Å². The lowest BCUT2D eigenvalue weighted by atomic mass is 9.99. The summed E-state index contributed by atoms with van der Waals surface area (Å²) < 4.78 is 49.2. The molecule has 0 bridgehead atoms. The number of nitrogens with zero attached hydrogens (tertiary/aromatic N) is 5. The van der Waals surface area contributed by atoms with E-state index < -0.39 is 11.7 Å². The van der Waals surface area contributed by atoms with Crippen molar-refractivity contribution >= 4 is 11.6 Å². The molecule has 7 nitrogen and oxygen atoms in total. The minimum atomic E-state index is -4.47. The third-order valence-corrected chi connectivity index (χ3v) is 5.54. The summed E-state index contributed by atoms with van der Waals surface area (Å²) in [7, 11) is 0. The monoisotopic (exact) mass is 474 g/mol. The molecule has 1 saturated heterocycles. The van der Waals surface area contributed by atoms with Crippen LogP contribution in [-0.4, -0.2) is 49.9 Å². The quantitative estimate of drug-likeness (QED) is 0.478. The Labute approximate surface area is 197 Å². The van der Waals surface area contributed by atoms with Crippen molar-refractivity contribution in [2.75, 3.05) is 18.4 Å². The predicted octanol–water partition coefficient (Wildman–Crippen LogP) is 5.29. The van der Waals surface area contributed by atoms with Crippen LogP contribution in [0, 0.1) is 0 Å². The molecule has 1 aliphatic heterocycles. The molecule has 0 amide bonds. The Morgan fingerprint density at radius 3 is 2.56 bits per heavy atom. The van der Waals surface area contributed by atoms with Crippen LogP contribution in [0.5, 0.6) is 0 Å². The van der Waals surface area contributed by atoms with Gasteiger partial charge in [-0.1, -0.05) is 12.1 Å². The van der Waals surface area contributed by atoms with Crippen molar-refractivity contribution in [1.29, 1.82) is 0 Å². The molecule has 4 rings (SSSR count). The summed E-state index contributed by atoms with van der Waals surface area (Å²) in [5.74, 6) is 0.287. The van der Waals surface area contributed by atoms with Gasteiger partial charge < -0.3 is 10.1 Å². The zero-order valence-corrected chi connectivity index (χ0v) is 19.7. The molecule has 0 unspecified atom stereocenters. The fourth-order valence-electron chi connectivity index (χ4n) is 3.89. The molecule has 10 heteroatoms. The van der Waals surface area contributed by atoms with Crippen molar-refractivity contribution in [2.45, 2.75) is 58.7 Å². The summed E-state index contributed by atoms with van der Waals surface area (Å²) in [6.07, 6.45) is 0.712. The van der Waals surface area contributed by atoms with Crippen LogP contribution >= 0.6 is 0 Å². The molecule has 3 heterocycles. The van der Waals surface area contributed by atoms with Gasteiger partial charge in [0.2, 0.25) is 5.95 Å². The highest BCUT2D eigenvalue weighted by Crippen LogP contribution is 2.36. The molecule has 34 heavy (non-hydrogen) atoms. The largest absolute Gasteiger partial charge is 0.416 e. The van der Waals surface area contributed by atoms with Crippen molar-refractivity contribution in [3.8, 4) is 11.3 Å². The third kappa shape index (κ3) is 5.74. The van der Waals surface area contributed by atoms with Gasteiger partial charge in [-0.15, -0.1) is 0 Å². The molecular weight excluding hydrogens is 445 g/mol. The molecular formula is C24H29F3N6O. The zero-order chi connectivity index (χ0) is 24.5. The predicted molar refractivity (Wildman–Crippen MR) is 124 cm³/mol. The second-order valence-electron chi connectivity index (χ2n) is 9.06. The molecule has 1 fully saturated rings. The fraction of sp³-hybridized carbons (Fsp3) is 0.458. The number of ether oxygens (including phenoxy) is 1. The van der Waals surface area contributed by atoms with Crippen molar-refractivity contribution in [3.05, 3.63) is 54.0 Å². The lowest BCUT2D eigenvalue weighted by Crippen LogP contribution is -2.52. The number of alkyl halides is 3. The van der Waals surface area contributed by atoms with E-state index in [-0.39, 0.29) is 36.3 Å². The van der Waals surface area contributed by atoms with Gasteiger partial charge in [-0.25, -0.2) is 9.97 Å². The smallest absolute Gasteiger partial charge is 0.373 e. The zero-order valence-electron chi connectivity index (χ0n) is 19.7. The van der Waals surface area contributed by atoms with E-state index >= 15 is 0 Å². The van der Waals surface area contributed by atoms with Gasteiger partial charge in [-0.3, -0.25) is 9.58 Å². The molecule has 1 aliphatic rings. The molecule has 0 saturated carbocycles. The number of halogens is 3. The van der Waals surface area contributed by atoms with E-state index in [1.165, 1.54) is 18.3 Å². The summed E-state index contributed by atoms with van der Waals surface area (Å²) in [6, 6.07) is 6.18. The van der Waals surface area contributed by atoms with Gasteiger partial charge in [0, 0.05) is 43.6 Å². The van der Waals surface area contributed by atoms with E-state index in [0.717, 1.165) is 0 Å². The van der Waals surface area contributed by atoms with Crippen LogP contribution in [0.1, 0.15) is 44.9 Å². The number of benzene rings is 1. The van der Waals surface area contributed by atoms with Gasteiger partial charge in [0.25, 0.3) is 0 Å². The number of hydrogen-bond donors (Lipinski definition) is 1. The summed E-state index contributed by atoms with van der Waals surface area (Å²) in [6.45, 7) is 9.41. The molecule has 0 radical (unpaired) electrons. The Morgan fingerprint density at radius 2 is 1.91 bits per heavy atom. The molecule has 0 spiro atoms. The van der Waals surface area contributed by atoms with Crippen LogP contribution in [0.2, 0.25) is 0 Å². The van der Waals surface area contributed by atoms with Gasteiger partial charge in [0.05, 0.1) is 35.3 Å². The number of aromatic nitrogens is 4. The highest BCUT2D eigenvalue weighted by atomic mass is 19.4. The van der Waals surface area contributed by atoms with Gasteiger partial charge in [-0.2, -0.15) is 18.3 Å². The molecule has 182 valence electrons. The maximum atomic E-state index is 13.9. The lowest BCUT2D eigenvalue weighted by Gasteiger charge is -2.40. The maximum absolute atomic E-state index is 13.9. The van der Waals surface area contributed by atoms with Crippen LogP contribution in [0.25, 0.3) is 11.3 Å². The van der Waals surface area contributed by atoms with Gasteiger partial charge >= 0.3 is 6.18 Å². The molecule has 3 aromatic rings. The van der Waals surface area contributed by atoms with Gasteiger partial charge in [-0.05, 0) is 45.4 Å². The van der Waals surface area contributed by atoms with E-state index in [2.05, 4.69) is 20.4 Å². The Balaban J connectivity index is 1.52. The second kappa shape index (κ2) is 9.71. The van der Waals surface area contributed by atoms with E-state index in [1.807, 2.05) is 38.8 Å². The van der Waals surface area contributed by atoms with Crippen molar-refractivity contribution in [2.24, 2.45) is 0 Å². The standard InChI is InChI=1S/C24H29F3N6O/c1-15(2)33-12-19(10-29-33)30-23-28-8-7-22(31-23)17-5-6-18(21(9-17)24(25,26)27)11-32-13-20(14-32)34-16(3)4/h5-10,12,15-16,20H,11,13-14H2,1-4H3,(H,28,30,31). The number of nitrogens with one attached hydrogen (secondary N) is 1. The maximum Gasteiger partial charge on any atom is 0.416 e. The molecule has 2 aromatic heterocycles. The minimum Gasteiger partial charge on any atom is -0.373 e. The first-order valence-corrected chi connectivity index (χ1v) is 11.3. The highest BCUT2D eigenvalue weighted by molar-refractivity contribution is 5.63. The normalized spacial score (nSPS) is 15.2. The Kier molecular flexibility index (Phi) is 6.90. The Bertz CT molecular complexity index is 1120. The molecule has 1 N–H and O–H groups in total. The minimum absolute atomic E-state index is 0.0770. The van der Waals surface area contributed by atoms with Gasteiger partial charge in [0.15, 0.2) is 0 Å². The number of hydrogen-bond acceptors (Lipinski definition) is 6. The summed E-state index contributed by atoms with van der Waals surface area (Å²) in [4.78, 5) is 10.6. The van der Waals surface area contributed by atoms with Crippen LogP contribution in [0.3, 0.4) is 0 Å². The third-order valence-electron chi connectivity index (χ3n) is 5.54. The van der Waals surface area contributed by atoms with E-state index in [0.29, 0.717) is 30.0 Å². The summed E-state index contributed by atoms with van der Waals surface area (Å²) in [5.41, 5.74) is 1.08. The van der Waals surface area contributed by atoms with E-state index in [9.17, 15) is 13.2 Å². The average Bonchev–Trinajstić information content (AvgIpc) is 3.20. The summed E-state index contributed by atoms with van der Waals surface area (Å²) >= 11 is 0. The number of likely N-dealkylation sites (tertiary alicyclic amines) is 1. The Morgan fingerprint density at radius 1 is 1.15 bits per heavy atom. The first-order valence-electron chi connectivity index (χ1n) is 11.3. The van der Waals surface area contributed by atoms with Crippen LogP contribution in [-0.2, 0) is 17.5 Å². The molecule has 0 atom stereocenters. The van der Waals surface area contributed by atoms with Crippen LogP contribution in [0.4, 0.5) is 24.8 Å². The Hall–Kier alpha value is -2.98. The first kappa shape index (κ1) is 24.2. The molecule has 0 aliphatic carbocycles. The number of rotatable bonds is 8. The van der Waals surface area contributed by atoms with Crippen molar-refractivity contribution < 1.29 is 17.9 Å². The highest BCUT2D eigenvalue weighted by Gasteiger charge is 2.36. The lowest BCUT2D eigenvalue weighted by molar-refractivity contribution is -0.139. The van der Waals surface area contributed by atoms with Crippen molar-refractivity contribution in [3.63, 3.8) is 0 Å². The van der Waals surface area contributed by atoms with Crippen molar-refractivity contribution in [1.82, 2.24) is 24.6 Å². The summed E-state index contributed by atoms with van der Waals surface area (Å²) in [5, 5.41) is 7.31. The SMILES string of the molecule is CC(C)OC1CN(Cc2ccc(-c3ccnc(Nc4cnn(C(C)C)c4)n3)cc2C(F)(F)F)C1. The van der Waals surface area contributed by atoms with E-state index in [4.69, 9.17) is 4.74 Å². The van der Waals surface area contributed by atoms with E-state index in [1.54, 1.807) is 23.0 Å². The van der Waals surface area contributed by atoms with Crippen LogP contribution in [0.15, 0.2) is 42.9 Å². The average molecular weight is 475 g/mol. The first-order chi connectivity index (χ1) is 16.1. The molecule has 1 aromatic carbocycles. The van der Waals surface area contributed by atoms with Gasteiger partial charge in [0.1, 0.15) is 0 Å². The number of anilines is 2.